The van der Waals surface area contributed by atoms with Crippen molar-refractivity contribution in [2.45, 2.75) is 19.0 Å². The smallest absolute Gasteiger partial charge is 0.317 e. The molecule has 2 saturated heterocycles. The molecule has 2 fully saturated rings. The molecule has 2 aliphatic heterocycles. The topological polar surface area (TPSA) is 48.1 Å². The van der Waals surface area contributed by atoms with Crippen molar-refractivity contribution < 1.29 is 9.53 Å². The Balaban J connectivity index is 1.34. The van der Waals surface area contributed by atoms with Crippen LogP contribution in [-0.2, 0) is 11.3 Å². The summed E-state index contributed by atoms with van der Waals surface area (Å²) in [6, 6.07) is 18.3. The standard InChI is InChI=1S/C25H33ClN4O2/c26-23-9-7-21(8-10-23)19-28-11-4-12-30(14-13-28)25(31)27-24(22-5-2-1-3-6-22)20-29-15-17-32-18-16-29/h1-3,5-10,24H,4,11-20H2,(H,27,31). The van der Waals surface area contributed by atoms with E-state index in [4.69, 9.17) is 16.3 Å². The SMILES string of the molecule is O=C(NC(CN1CCOCC1)c1ccccc1)N1CCCN(Cc2ccc(Cl)cc2)CC1. The van der Waals surface area contributed by atoms with Gasteiger partial charge in [0.1, 0.15) is 0 Å². The van der Waals surface area contributed by atoms with Crippen LogP contribution < -0.4 is 5.32 Å². The lowest BCUT2D eigenvalue weighted by atomic mass is 10.1. The third-order valence-corrected chi connectivity index (χ3v) is 6.49. The minimum absolute atomic E-state index is 0.0282. The van der Waals surface area contributed by atoms with Crippen molar-refractivity contribution in [1.82, 2.24) is 20.0 Å². The zero-order chi connectivity index (χ0) is 22.2. The summed E-state index contributed by atoms with van der Waals surface area (Å²) in [6.07, 6.45) is 0.973. The van der Waals surface area contributed by atoms with E-state index >= 15 is 0 Å². The van der Waals surface area contributed by atoms with Gasteiger partial charge in [-0.05, 0) is 29.7 Å². The van der Waals surface area contributed by atoms with Gasteiger partial charge in [-0.2, -0.15) is 0 Å². The maximum absolute atomic E-state index is 13.2. The van der Waals surface area contributed by atoms with Crippen LogP contribution in [-0.4, -0.2) is 79.8 Å². The number of hydrogen-bond donors (Lipinski definition) is 1. The zero-order valence-corrected chi connectivity index (χ0v) is 19.3. The minimum atomic E-state index is -0.0322. The highest BCUT2D eigenvalue weighted by molar-refractivity contribution is 6.30. The Labute approximate surface area is 196 Å². The molecule has 4 rings (SSSR count). The Bertz CT molecular complexity index is 843. The van der Waals surface area contributed by atoms with Crippen molar-refractivity contribution >= 4 is 17.6 Å². The second-order valence-corrected chi connectivity index (χ2v) is 9.01. The first kappa shape index (κ1) is 23.1. The molecule has 1 unspecified atom stereocenters. The fraction of sp³-hybridized carbons (Fsp3) is 0.480. The molecule has 0 radical (unpaired) electrons. The number of morpholine rings is 1. The fourth-order valence-electron chi connectivity index (χ4n) is 4.38. The van der Waals surface area contributed by atoms with Gasteiger partial charge < -0.3 is 15.0 Å². The van der Waals surface area contributed by atoms with Crippen LogP contribution in [0.5, 0.6) is 0 Å². The summed E-state index contributed by atoms with van der Waals surface area (Å²) in [6.45, 7) is 8.38. The quantitative estimate of drug-likeness (QED) is 0.721. The number of halogens is 1. The van der Waals surface area contributed by atoms with Crippen molar-refractivity contribution in [1.29, 1.82) is 0 Å². The first-order valence-electron chi connectivity index (χ1n) is 11.5. The first-order valence-corrected chi connectivity index (χ1v) is 11.9. The predicted octanol–water partition coefficient (Wildman–Crippen LogP) is 3.63. The Morgan fingerprint density at radius 1 is 0.906 bits per heavy atom. The van der Waals surface area contributed by atoms with Crippen LogP contribution in [0.2, 0.25) is 5.02 Å². The lowest BCUT2D eigenvalue weighted by Crippen LogP contribution is -2.47. The number of benzene rings is 2. The van der Waals surface area contributed by atoms with Crippen LogP contribution in [0.4, 0.5) is 4.79 Å². The van der Waals surface area contributed by atoms with Gasteiger partial charge in [0.15, 0.2) is 0 Å². The third-order valence-electron chi connectivity index (χ3n) is 6.24. The molecular formula is C25H33ClN4O2. The molecule has 0 bridgehead atoms. The molecule has 0 spiro atoms. The van der Waals surface area contributed by atoms with Crippen LogP contribution >= 0.6 is 11.6 Å². The van der Waals surface area contributed by atoms with E-state index in [0.717, 1.165) is 82.6 Å². The highest BCUT2D eigenvalue weighted by Gasteiger charge is 2.24. The zero-order valence-electron chi connectivity index (χ0n) is 18.6. The summed E-state index contributed by atoms with van der Waals surface area (Å²) in [5.74, 6) is 0. The lowest BCUT2D eigenvalue weighted by molar-refractivity contribution is 0.0337. The van der Waals surface area contributed by atoms with Crippen molar-refractivity contribution in [2.75, 3.05) is 59.0 Å². The molecule has 0 saturated carbocycles. The fourth-order valence-corrected chi connectivity index (χ4v) is 4.51. The van der Waals surface area contributed by atoms with Gasteiger partial charge in [0.05, 0.1) is 19.3 Å². The molecule has 2 aromatic carbocycles. The van der Waals surface area contributed by atoms with Crippen molar-refractivity contribution in [3.05, 3.63) is 70.7 Å². The Morgan fingerprint density at radius 2 is 1.66 bits per heavy atom. The van der Waals surface area contributed by atoms with Crippen LogP contribution in [0.1, 0.15) is 23.6 Å². The van der Waals surface area contributed by atoms with E-state index in [0.29, 0.717) is 0 Å². The van der Waals surface area contributed by atoms with Crippen LogP contribution in [0, 0.1) is 0 Å². The number of rotatable bonds is 6. The molecule has 2 aliphatic rings. The van der Waals surface area contributed by atoms with Crippen molar-refractivity contribution in [2.24, 2.45) is 0 Å². The number of carbonyl (C=O) groups is 1. The molecule has 2 aromatic rings. The first-order chi connectivity index (χ1) is 15.7. The molecule has 7 heteroatoms. The third kappa shape index (κ3) is 6.69. The predicted molar refractivity (Wildman–Crippen MR) is 128 cm³/mol. The molecule has 1 N–H and O–H groups in total. The van der Waals surface area contributed by atoms with E-state index in [1.54, 1.807) is 0 Å². The van der Waals surface area contributed by atoms with Gasteiger partial charge in [-0.25, -0.2) is 4.79 Å². The summed E-state index contributed by atoms with van der Waals surface area (Å²) in [5.41, 5.74) is 2.40. The summed E-state index contributed by atoms with van der Waals surface area (Å²) in [4.78, 5) is 20.0. The van der Waals surface area contributed by atoms with E-state index in [1.165, 1.54) is 5.56 Å². The molecule has 6 nitrogen and oxygen atoms in total. The lowest BCUT2D eigenvalue weighted by Gasteiger charge is -2.32. The van der Waals surface area contributed by atoms with Crippen LogP contribution in [0.15, 0.2) is 54.6 Å². The van der Waals surface area contributed by atoms with Gasteiger partial charge in [-0.3, -0.25) is 9.80 Å². The number of nitrogens with zero attached hydrogens (tertiary/aromatic N) is 3. The summed E-state index contributed by atoms with van der Waals surface area (Å²) in [7, 11) is 0. The highest BCUT2D eigenvalue weighted by Crippen LogP contribution is 2.17. The average molecular weight is 457 g/mol. The summed E-state index contributed by atoms with van der Waals surface area (Å²) < 4.78 is 5.49. The molecule has 2 amide bonds. The Kier molecular flexibility index (Phi) is 8.40. The largest absolute Gasteiger partial charge is 0.379 e. The number of nitrogens with one attached hydrogen (secondary N) is 1. The number of carbonyl (C=O) groups excluding carboxylic acids is 1. The van der Waals surface area contributed by atoms with Gasteiger partial charge in [0.25, 0.3) is 0 Å². The number of ether oxygens (including phenoxy) is 1. The van der Waals surface area contributed by atoms with Crippen LogP contribution in [0.3, 0.4) is 0 Å². The number of urea groups is 1. The van der Waals surface area contributed by atoms with Crippen molar-refractivity contribution in [3.63, 3.8) is 0 Å². The molecule has 172 valence electrons. The summed E-state index contributed by atoms with van der Waals surface area (Å²) >= 11 is 6.01. The van der Waals surface area contributed by atoms with Gasteiger partial charge in [-0.15, -0.1) is 0 Å². The highest BCUT2D eigenvalue weighted by atomic mass is 35.5. The van der Waals surface area contributed by atoms with Gasteiger partial charge in [-0.1, -0.05) is 54.1 Å². The molecule has 0 aliphatic carbocycles. The van der Waals surface area contributed by atoms with E-state index in [1.807, 2.05) is 35.2 Å². The molecule has 0 aromatic heterocycles. The average Bonchev–Trinajstić information content (AvgIpc) is 3.07. The van der Waals surface area contributed by atoms with E-state index in [2.05, 4.69) is 39.4 Å². The maximum Gasteiger partial charge on any atom is 0.317 e. The second-order valence-electron chi connectivity index (χ2n) is 8.57. The second kappa shape index (κ2) is 11.7. The van der Waals surface area contributed by atoms with Gasteiger partial charge in [0, 0.05) is 57.4 Å². The van der Waals surface area contributed by atoms with E-state index in [9.17, 15) is 4.79 Å². The Hall–Kier alpha value is -2.12. The normalized spacial score (nSPS) is 19.3. The summed E-state index contributed by atoms with van der Waals surface area (Å²) in [5, 5.41) is 4.08. The monoisotopic (exact) mass is 456 g/mol. The van der Waals surface area contributed by atoms with E-state index in [-0.39, 0.29) is 12.1 Å². The Morgan fingerprint density at radius 3 is 2.41 bits per heavy atom. The minimum Gasteiger partial charge on any atom is -0.379 e. The van der Waals surface area contributed by atoms with Gasteiger partial charge in [0.2, 0.25) is 0 Å². The number of amides is 2. The molecule has 1 atom stereocenters. The molecule has 2 heterocycles. The molecular weight excluding hydrogens is 424 g/mol. The van der Waals surface area contributed by atoms with Crippen LogP contribution in [0.25, 0.3) is 0 Å². The molecule has 32 heavy (non-hydrogen) atoms. The van der Waals surface area contributed by atoms with E-state index < -0.39 is 0 Å². The number of hydrogen-bond acceptors (Lipinski definition) is 4. The van der Waals surface area contributed by atoms with Crippen molar-refractivity contribution in [3.8, 4) is 0 Å². The van der Waals surface area contributed by atoms with Gasteiger partial charge >= 0.3 is 6.03 Å². The maximum atomic E-state index is 13.2.